The van der Waals surface area contributed by atoms with Gasteiger partial charge in [-0.3, -0.25) is 9.59 Å². The Balaban J connectivity index is 1.46. The number of carboxylic acids is 1. The molecule has 2 atom stereocenters. The van der Waals surface area contributed by atoms with Crippen molar-refractivity contribution in [3.8, 4) is 16.9 Å². The summed E-state index contributed by atoms with van der Waals surface area (Å²) in [4.78, 5) is 38.5. The van der Waals surface area contributed by atoms with Crippen LogP contribution in [0.2, 0.25) is 0 Å². The van der Waals surface area contributed by atoms with E-state index >= 15 is 0 Å². The van der Waals surface area contributed by atoms with Gasteiger partial charge in [-0.05, 0) is 67.0 Å². The minimum Gasteiger partial charge on any atom is -0.493 e. The van der Waals surface area contributed by atoms with Crippen LogP contribution in [-0.2, 0) is 24.7 Å². The lowest BCUT2D eigenvalue weighted by molar-refractivity contribution is -0.139. The molecule has 43 heavy (non-hydrogen) atoms. The molecule has 1 aliphatic rings. The zero-order valence-electron chi connectivity index (χ0n) is 24.2. The molecule has 3 N–H and O–H groups in total. The molecule has 0 saturated carbocycles. The first-order valence-corrected chi connectivity index (χ1v) is 14.2. The second kappa shape index (κ2) is 12.2. The second-order valence-corrected chi connectivity index (χ2v) is 10.8. The number of nitrogens with one attached hydrogen (secondary N) is 2. The van der Waals surface area contributed by atoms with Crippen molar-refractivity contribution in [2.24, 2.45) is 7.05 Å². The van der Waals surface area contributed by atoms with Gasteiger partial charge in [0.05, 0.1) is 17.7 Å². The molecule has 0 bridgehead atoms. The van der Waals surface area contributed by atoms with E-state index in [2.05, 4.69) is 10.6 Å². The molecule has 0 fully saturated rings. The van der Waals surface area contributed by atoms with Crippen LogP contribution >= 0.6 is 0 Å². The third kappa shape index (κ3) is 5.95. The average Bonchev–Trinajstić information content (AvgIpc) is 2.98. The van der Waals surface area contributed by atoms with Crippen molar-refractivity contribution >= 4 is 28.5 Å². The summed E-state index contributed by atoms with van der Waals surface area (Å²) >= 11 is 0. The molecule has 0 radical (unpaired) electrons. The van der Waals surface area contributed by atoms with Gasteiger partial charge in [-0.25, -0.2) is 13.6 Å². The van der Waals surface area contributed by atoms with Crippen LogP contribution in [-0.4, -0.2) is 40.2 Å². The molecule has 1 aliphatic heterocycles. The molecule has 0 unspecified atom stereocenters. The molecule has 1 aromatic heterocycles. The van der Waals surface area contributed by atoms with Crippen LogP contribution in [0.3, 0.4) is 0 Å². The van der Waals surface area contributed by atoms with E-state index in [0.29, 0.717) is 41.9 Å². The fourth-order valence-electron chi connectivity index (χ4n) is 5.46. The lowest BCUT2D eigenvalue weighted by Crippen LogP contribution is -2.43. The van der Waals surface area contributed by atoms with E-state index in [-0.39, 0.29) is 23.7 Å². The number of carbonyl (C=O) groups excluding carboxylic acids is 1. The van der Waals surface area contributed by atoms with Crippen LogP contribution in [0, 0.1) is 11.6 Å². The van der Waals surface area contributed by atoms with E-state index in [4.69, 9.17) is 4.74 Å². The predicted molar refractivity (Wildman–Crippen MR) is 161 cm³/mol. The van der Waals surface area contributed by atoms with Gasteiger partial charge >= 0.3 is 5.97 Å². The quantitative estimate of drug-likeness (QED) is 0.240. The molecule has 5 rings (SSSR count). The van der Waals surface area contributed by atoms with Crippen LogP contribution in [0.5, 0.6) is 5.75 Å². The Bertz CT molecular complexity index is 1760. The first-order valence-electron chi connectivity index (χ1n) is 14.2. The van der Waals surface area contributed by atoms with Gasteiger partial charge in [-0.15, -0.1) is 0 Å². The summed E-state index contributed by atoms with van der Waals surface area (Å²) in [5.41, 5.74) is 2.29. The summed E-state index contributed by atoms with van der Waals surface area (Å²) in [7, 11) is 1.71. The number of anilines is 1. The van der Waals surface area contributed by atoms with Crippen molar-refractivity contribution in [2.45, 2.75) is 51.6 Å². The number of aromatic nitrogens is 1. The van der Waals surface area contributed by atoms with Gasteiger partial charge in [0.2, 0.25) is 0 Å². The number of hydrogen-bond donors (Lipinski definition) is 3. The fraction of sp³-hybridized carbons (Fsp3) is 0.303. The summed E-state index contributed by atoms with van der Waals surface area (Å²) in [6.45, 7) is 4.20. The number of carbonyl (C=O) groups is 2. The number of fused-ring (bicyclic) bond motifs is 2. The molecular formula is C33H33F2N3O5. The van der Waals surface area contributed by atoms with Crippen molar-refractivity contribution in [2.75, 3.05) is 11.9 Å². The molecule has 224 valence electrons. The maximum absolute atomic E-state index is 14.9. The van der Waals surface area contributed by atoms with E-state index in [1.165, 1.54) is 0 Å². The molecule has 1 amide bonds. The number of nitrogens with zero attached hydrogens (tertiary/aromatic N) is 1. The summed E-state index contributed by atoms with van der Waals surface area (Å²) in [6.07, 6.45) is 1.82. The Kier molecular flexibility index (Phi) is 8.47. The number of halogens is 2. The van der Waals surface area contributed by atoms with Gasteiger partial charge in [-0.2, -0.15) is 0 Å². The van der Waals surface area contributed by atoms with Gasteiger partial charge in [0, 0.05) is 30.8 Å². The number of para-hydroxylation sites is 1. The summed E-state index contributed by atoms with van der Waals surface area (Å²) < 4.78 is 37.3. The highest BCUT2D eigenvalue weighted by Gasteiger charge is 2.29. The molecule has 0 spiro atoms. The van der Waals surface area contributed by atoms with E-state index < -0.39 is 35.1 Å². The zero-order valence-corrected chi connectivity index (χ0v) is 24.2. The van der Waals surface area contributed by atoms with Crippen molar-refractivity contribution in [1.29, 1.82) is 0 Å². The van der Waals surface area contributed by atoms with E-state index in [0.717, 1.165) is 35.0 Å². The molecular weight excluding hydrogens is 556 g/mol. The lowest BCUT2D eigenvalue weighted by Gasteiger charge is -2.25. The molecule has 8 nitrogen and oxygen atoms in total. The Labute approximate surface area is 247 Å². The smallest absolute Gasteiger partial charge is 0.326 e. The standard InChI is InChI=1S/C33H33F2N3O5/c1-4-18(2)36-21-16-25(34)29(26(35)17-21)31(39)37-27(33(41)42)15-19-11-12-23(30-22(19)9-7-13-43-30)24-14-20-8-5-6-10-28(20)38(3)32(24)40/h5-6,8,10-12,14,16-18,27,36H,4,7,9,13,15H2,1-3H3,(H,37,39)(H,41,42)/t18-,27-/m0/s1. The first kappa shape index (κ1) is 29.8. The topological polar surface area (TPSA) is 110 Å². The highest BCUT2D eigenvalue weighted by atomic mass is 19.1. The third-order valence-electron chi connectivity index (χ3n) is 7.92. The molecule has 0 aliphatic carbocycles. The van der Waals surface area contributed by atoms with Crippen LogP contribution < -0.4 is 20.9 Å². The van der Waals surface area contributed by atoms with Gasteiger partial charge in [0.15, 0.2) is 0 Å². The number of amides is 1. The minimum atomic E-state index is -1.48. The summed E-state index contributed by atoms with van der Waals surface area (Å²) in [6, 6.07) is 13.3. The number of benzene rings is 3. The Morgan fingerprint density at radius 1 is 1.07 bits per heavy atom. The van der Waals surface area contributed by atoms with Crippen LogP contribution in [0.1, 0.15) is 48.2 Å². The monoisotopic (exact) mass is 589 g/mol. The number of rotatable bonds is 9. The Morgan fingerprint density at radius 3 is 2.49 bits per heavy atom. The number of hydrogen-bond acceptors (Lipinski definition) is 5. The summed E-state index contributed by atoms with van der Waals surface area (Å²) in [5, 5.41) is 16.1. The maximum Gasteiger partial charge on any atom is 0.326 e. The van der Waals surface area contributed by atoms with E-state index in [9.17, 15) is 28.3 Å². The second-order valence-electron chi connectivity index (χ2n) is 10.8. The summed E-state index contributed by atoms with van der Waals surface area (Å²) in [5.74, 6) is -4.23. The van der Waals surface area contributed by atoms with E-state index in [1.807, 2.05) is 44.2 Å². The highest BCUT2D eigenvalue weighted by Crippen LogP contribution is 2.38. The van der Waals surface area contributed by atoms with Crippen LogP contribution in [0.25, 0.3) is 22.0 Å². The largest absolute Gasteiger partial charge is 0.493 e. The minimum absolute atomic E-state index is 0.0413. The van der Waals surface area contributed by atoms with Gasteiger partial charge in [0.25, 0.3) is 11.5 Å². The van der Waals surface area contributed by atoms with Gasteiger partial charge in [-0.1, -0.05) is 37.3 Å². The Morgan fingerprint density at radius 2 is 1.79 bits per heavy atom. The number of aliphatic carboxylic acids is 1. The molecule has 2 heterocycles. The predicted octanol–water partition coefficient (Wildman–Crippen LogP) is 5.44. The van der Waals surface area contributed by atoms with Crippen molar-refractivity contribution in [1.82, 2.24) is 9.88 Å². The van der Waals surface area contributed by atoms with E-state index in [1.54, 1.807) is 23.7 Å². The highest BCUT2D eigenvalue weighted by molar-refractivity contribution is 5.97. The third-order valence-corrected chi connectivity index (χ3v) is 7.92. The molecule has 10 heteroatoms. The van der Waals surface area contributed by atoms with Crippen molar-refractivity contribution < 1.29 is 28.2 Å². The fourth-order valence-corrected chi connectivity index (χ4v) is 5.46. The molecule has 4 aromatic rings. The van der Waals surface area contributed by atoms with Crippen LogP contribution in [0.15, 0.2) is 59.4 Å². The van der Waals surface area contributed by atoms with Crippen molar-refractivity contribution in [3.05, 3.63) is 93.3 Å². The van der Waals surface area contributed by atoms with Gasteiger partial charge < -0.3 is 25.0 Å². The first-order chi connectivity index (χ1) is 20.6. The van der Waals surface area contributed by atoms with Crippen LogP contribution in [0.4, 0.5) is 14.5 Å². The molecule has 3 aromatic carbocycles. The maximum atomic E-state index is 14.9. The van der Waals surface area contributed by atoms with Gasteiger partial charge in [0.1, 0.15) is 29.0 Å². The number of carboxylic acid groups (broad SMARTS) is 1. The number of ether oxygens (including phenoxy) is 1. The van der Waals surface area contributed by atoms with Crippen molar-refractivity contribution in [3.63, 3.8) is 0 Å². The molecule has 0 saturated heterocycles. The number of aryl methyl sites for hydroxylation is 1. The SMILES string of the molecule is CC[C@H](C)Nc1cc(F)c(C(=O)N[C@@H](Cc2ccc(-c3cc4ccccc4n(C)c3=O)c3c2CCCO3)C(=O)O)c(F)c1. The Hall–Kier alpha value is -4.73. The number of pyridine rings is 1. The zero-order chi connectivity index (χ0) is 30.8. The normalized spacial score (nSPS) is 14.0. The average molecular weight is 590 g/mol. The lowest BCUT2D eigenvalue weighted by atomic mass is 9.90.